The number of nitrogens with zero attached hydrogens (tertiary/aromatic N) is 3. The van der Waals surface area contributed by atoms with Crippen molar-refractivity contribution in [1.29, 1.82) is 0 Å². The molecule has 2 heterocycles. The van der Waals surface area contributed by atoms with Gasteiger partial charge in [0.05, 0.1) is 26.4 Å². The lowest BCUT2D eigenvalue weighted by Gasteiger charge is -2.12. The Morgan fingerprint density at radius 2 is 1.64 bits per heavy atom. The minimum atomic E-state index is -0.429. The Balaban J connectivity index is 1.43. The number of carbonyl (C=O) groups is 2. The van der Waals surface area contributed by atoms with Crippen LogP contribution in [0.25, 0.3) is 17.0 Å². The number of hydrogen-bond donors (Lipinski definition) is 0. The summed E-state index contributed by atoms with van der Waals surface area (Å²) in [6.45, 7) is 0.589. The molecule has 0 unspecified atom stereocenters. The second kappa shape index (κ2) is 9.81. The van der Waals surface area contributed by atoms with Crippen molar-refractivity contribution in [2.24, 2.45) is 0 Å². The molecule has 2 amide bonds. The minimum Gasteiger partial charge on any atom is -0.342 e. The number of thioether (sulfide) groups is 1. The Kier molecular flexibility index (Phi) is 6.57. The summed E-state index contributed by atoms with van der Waals surface area (Å²) in [5.41, 5.74) is 3.38. The van der Waals surface area contributed by atoms with Crippen LogP contribution in [0, 0.1) is 10.1 Å². The largest absolute Gasteiger partial charge is 0.342 e. The van der Waals surface area contributed by atoms with Gasteiger partial charge in [-0.2, -0.15) is 0 Å². The van der Waals surface area contributed by atoms with E-state index in [0.717, 1.165) is 33.8 Å². The fourth-order valence-electron chi connectivity index (χ4n) is 4.04. The van der Waals surface area contributed by atoms with Gasteiger partial charge in [-0.1, -0.05) is 59.6 Å². The standard InChI is InChI=1S/C26H17Cl2N3O4S/c27-21-10-7-17(11-22(21)28)14-30-25(32)24(36-26(30)33)12-18-15-29(23-4-2-1-3-20(18)23)13-16-5-8-19(9-6-16)31(34)35/h1-12,15H,13-14H2/b24-12+. The molecule has 3 aromatic carbocycles. The maximum Gasteiger partial charge on any atom is 0.293 e. The third kappa shape index (κ3) is 4.75. The average molecular weight is 538 g/mol. The Labute approximate surface area is 220 Å². The molecule has 10 heteroatoms. The number of nitro groups is 1. The molecule has 180 valence electrons. The Morgan fingerprint density at radius 1 is 0.917 bits per heavy atom. The van der Waals surface area contributed by atoms with Gasteiger partial charge >= 0.3 is 0 Å². The van der Waals surface area contributed by atoms with Crippen LogP contribution in [0.1, 0.15) is 16.7 Å². The molecule has 5 rings (SSSR count). The number of fused-ring (bicyclic) bond motifs is 1. The molecule has 0 spiro atoms. The highest BCUT2D eigenvalue weighted by Gasteiger charge is 2.35. The average Bonchev–Trinajstić information content (AvgIpc) is 3.33. The maximum atomic E-state index is 13.1. The summed E-state index contributed by atoms with van der Waals surface area (Å²) in [5, 5.41) is 12.3. The summed E-state index contributed by atoms with van der Waals surface area (Å²) >= 11 is 12.9. The molecular formula is C26H17Cl2N3O4S. The van der Waals surface area contributed by atoms with Gasteiger partial charge in [-0.3, -0.25) is 24.6 Å². The van der Waals surface area contributed by atoms with Gasteiger partial charge in [0, 0.05) is 41.3 Å². The Morgan fingerprint density at radius 3 is 2.36 bits per heavy atom. The van der Waals surface area contributed by atoms with Crippen molar-refractivity contribution in [2.75, 3.05) is 0 Å². The van der Waals surface area contributed by atoms with Crippen LogP contribution in [0.4, 0.5) is 10.5 Å². The van der Waals surface area contributed by atoms with Crippen LogP contribution in [-0.2, 0) is 17.9 Å². The first-order valence-electron chi connectivity index (χ1n) is 10.8. The molecule has 0 atom stereocenters. The molecule has 1 aromatic heterocycles. The summed E-state index contributed by atoms with van der Waals surface area (Å²) in [7, 11) is 0. The maximum absolute atomic E-state index is 13.1. The molecule has 0 bridgehead atoms. The zero-order valence-corrected chi connectivity index (χ0v) is 20.9. The summed E-state index contributed by atoms with van der Waals surface area (Å²) in [6.07, 6.45) is 3.65. The quantitative estimate of drug-likeness (QED) is 0.148. The Bertz CT molecular complexity index is 1560. The van der Waals surface area contributed by atoms with Crippen LogP contribution in [0.2, 0.25) is 10.0 Å². The van der Waals surface area contributed by atoms with Crippen molar-refractivity contribution in [2.45, 2.75) is 13.1 Å². The zero-order valence-electron chi connectivity index (χ0n) is 18.6. The lowest BCUT2D eigenvalue weighted by molar-refractivity contribution is -0.384. The molecule has 0 aliphatic carbocycles. The summed E-state index contributed by atoms with van der Waals surface area (Å²) in [6, 6.07) is 19.2. The number of non-ortho nitro benzene ring substituents is 1. The van der Waals surface area contributed by atoms with Gasteiger partial charge in [0.15, 0.2) is 0 Å². The predicted octanol–water partition coefficient (Wildman–Crippen LogP) is 7.14. The van der Waals surface area contributed by atoms with E-state index in [1.807, 2.05) is 35.0 Å². The number of nitro benzene ring substituents is 1. The number of imide groups is 1. The van der Waals surface area contributed by atoms with E-state index in [9.17, 15) is 19.7 Å². The van der Waals surface area contributed by atoms with E-state index in [1.165, 1.54) is 17.0 Å². The molecule has 36 heavy (non-hydrogen) atoms. The van der Waals surface area contributed by atoms with Crippen molar-refractivity contribution >= 4 is 68.8 Å². The van der Waals surface area contributed by atoms with Gasteiger partial charge in [-0.05, 0) is 47.2 Å². The SMILES string of the molecule is O=C1S/C(=C/c2cn(Cc3ccc([N+](=O)[O-])cc3)c3ccccc23)C(=O)N1Cc1ccc(Cl)c(Cl)c1. The number of halogens is 2. The number of rotatable bonds is 6. The first kappa shape index (κ1) is 24.1. The van der Waals surface area contributed by atoms with Crippen molar-refractivity contribution in [1.82, 2.24) is 9.47 Å². The highest BCUT2D eigenvalue weighted by atomic mass is 35.5. The van der Waals surface area contributed by atoms with Crippen molar-refractivity contribution in [3.63, 3.8) is 0 Å². The van der Waals surface area contributed by atoms with Crippen LogP contribution >= 0.6 is 35.0 Å². The highest BCUT2D eigenvalue weighted by molar-refractivity contribution is 8.18. The van der Waals surface area contributed by atoms with E-state index in [1.54, 1.807) is 36.4 Å². The van der Waals surface area contributed by atoms with Crippen molar-refractivity contribution in [3.8, 4) is 0 Å². The molecule has 4 aromatic rings. The third-order valence-corrected chi connectivity index (χ3v) is 7.45. The van der Waals surface area contributed by atoms with Gasteiger partial charge in [-0.15, -0.1) is 0 Å². The van der Waals surface area contributed by atoms with E-state index in [0.29, 0.717) is 27.1 Å². The zero-order chi connectivity index (χ0) is 25.4. The number of carbonyl (C=O) groups excluding carboxylic acids is 2. The second-order valence-corrected chi connectivity index (χ2v) is 9.98. The minimum absolute atomic E-state index is 0.0356. The first-order chi connectivity index (χ1) is 17.3. The molecular weight excluding hydrogens is 521 g/mol. The molecule has 0 N–H and O–H groups in total. The number of aromatic nitrogens is 1. The van der Waals surface area contributed by atoms with E-state index in [-0.39, 0.29) is 23.4 Å². The van der Waals surface area contributed by atoms with E-state index >= 15 is 0 Å². The van der Waals surface area contributed by atoms with Gasteiger partial charge in [-0.25, -0.2) is 0 Å². The summed E-state index contributed by atoms with van der Waals surface area (Å²) < 4.78 is 2.02. The molecule has 0 saturated carbocycles. The van der Waals surface area contributed by atoms with E-state index in [4.69, 9.17) is 23.2 Å². The lowest BCUT2D eigenvalue weighted by Crippen LogP contribution is -2.27. The lowest BCUT2D eigenvalue weighted by atomic mass is 10.1. The van der Waals surface area contributed by atoms with Crippen LogP contribution in [0.15, 0.2) is 77.8 Å². The smallest absolute Gasteiger partial charge is 0.293 e. The molecule has 7 nitrogen and oxygen atoms in total. The van der Waals surface area contributed by atoms with Crippen LogP contribution in [0.5, 0.6) is 0 Å². The van der Waals surface area contributed by atoms with Gasteiger partial charge in [0.25, 0.3) is 16.8 Å². The third-order valence-electron chi connectivity index (χ3n) is 5.80. The fourth-order valence-corrected chi connectivity index (χ4v) is 5.19. The molecule has 1 fully saturated rings. The highest BCUT2D eigenvalue weighted by Crippen LogP contribution is 2.35. The second-order valence-electron chi connectivity index (χ2n) is 8.17. The monoisotopic (exact) mass is 537 g/mol. The number of amides is 2. The topological polar surface area (TPSA) is 85.5 Å². The van der Waals surface area contributed by atoms with Gasteiger partial charge < -0.3 is 4.57 Å². The van der Waals surface area contributed by atoms with E-state index in [2.05, 4.69) is 0 Å². The van der Waals surface area contributed by atoms with Crippen LogP contribution in [0.3, 0.4) is 0 Å². The van der Waals surface area contributed by atoms with Gasteiger partial charge in [0.1, 0.15) is 0 Å². The van der Waals surface area contributed by atoms with E-state index < -0.39 is 4.92 Å². The molecule has 1 aliphatic rings. The molecule has 0 radical (unpaired) electrons. The number of hydrogen-bond acceptors (Lipinski definition) is 5. The Hall–Kier alpha value is -3.59. The van der Waals surface area contributed by atoms with Gasteiger partial charge in [0.2, 0.25) is 0 Å². The summed E-state index contributed by atoms with van der Waals surface area (Å²) in [4.78, 5) is 37.8. The van der Waals surface area contributed by atoms with Crippen LogP contribution in [-0.4, -0.2) is 25.5 Å². The predicted molar refractivity (Wildman–Crippen MR) is 142 cm³/mol. The number of benzene rings is 3. The first-order valence-corrected chi connectivity index (χ1v) is 12.4. The normalized spacial score (nSPS) is 14.8. The van der Waals surface area contributed by atoms with Crippen molar-refractivity contribution in [3.05, 3.63) is 115 Å². The number of para-hydroxylation sites is 1. The molecule has 1 saturated heterocycles. The van der Waals surface area contributed by atoms with Crippen LogP contribution < -0.4 is 0 Å². The van der Waals surface area contributed by atoms with Crippen molar-refractivity contribution < 1.29 is 14.5 Å². The molecule has 1 aliphatic heterocycles. The fraction of sp³-hybridized carbons (Fsp3) is 0.0769. The summed E-state index contributed by atoms with van der Waals surface area (Å²) in [5.74, 6) is -0.372.